The predicted octanol–water partition coefficient (Wildman–Crippen LogP) is 3.19. The SMILES string of the molecule is Cc1cnc(CNc2ccc3cnccc3c2N)s1. The Morgan fingerprint density at radius 2 is 2.16 bits per heavy atom. The molecule has 2 heterocycles. The first-order valence-corrected chi connectivity index (χ1v) is 6.83. The molecule has 19 heavy (non-hydrogen) atoms. The van der Waals surface area contributed by atoms with E-state index in [9.17, 15) is 0 Å². The molecule has 3 rings (SSSR count). The van der Waals surface area contributed by atoms with Crippen LogP contribution in [0.15, 0.2) is 36.8 Å². The quantitative estimate of drug-likeness (QED) is 0.717. The fourth-order valence-electron chi connectivity index (χ4n) is 2.00. The third-order valence-corrected chi connectivity index (χ3v) is 3.87. The number of thiazole rings is 1. The summed E-state index contributed by atoms with van der Waals surface area (Å²) in [5.41, 5.74) is 7.88. The highest BCUT2D eigenvalue weighted by molar-refractivity contribution is 7.11. The number of rotatable bonds is 3. The number of hydrogen-bond acceptors (Lipinski definition) is 5. The molecule has 0 amide bonds. The summed E-state index contributed by atoms with van der Waals surface area (Å²) in [6.07, 6.45) is 5.46. The number of fused-ring (bicyclic) bond motifs is 1. The first-order valence-electron chi connectivity index (χ1n) is 6.01. The summed E-state index contributed by atoms with van der Waals surface area (Å²) in [5.74, 6) is 0. The molecule has 0 aliphatic rings. The fraction of sp³-hybridized carbons (Fsp3) is 0.143. The summed E-state index contributed by atoms with van der Waals surface area (Å²) >= 11 is 1.69. The van der Waals surface area contributed by atoms with Crippen molar-refractivity contribution in [3.8, 4) is 0 Å². The van der Waals surface area contributed by atoms with Crippen LogP contribution in [0.2, 0.25) is 0 Å². The lowest BCUT2D eigenvalue weighted by atomic mass is 10.1. The molecule has 0 aliphatic carbocycles. The highest BCUT2D eigenvalue weighted by Crippen LogP contribution is 2.28. The number of nitrogen functional groups attached to an aromatic ring is 1. The van der Waals surface area contributed by atoms with Gasteiger partial charge in [0.25, 0.3) is 0 Å². The van der Waals surface area contributed by atoms with Crippen LogP contribution in [0.25, 0.3) is 10.8 Å². The van der Waals surface area contributed by atoms with Gasteiger partial charge in [-0.05, 0) is 19.1 Å². The molecule has 1 aromatic carbocycles. The molecule has 0 aliphatic heterocycles. The maximum absolute atomic E-state index is 6.18. The maximum Gasteiger partial charge on any atom is 0.112 e. The summed E-state index contributed by atoms with van der Waals surface area (Å²) in [6.45, 7) is 2.75. The van der Waals surface area contributed by atoms with E-state index in [0.717, 1.165) is 27.2 Å². The van der Waals surface area contributed by atoms with E-state index < -0.39 is 0 Å². The van der Waals surface area contributed by atoms with E-state index in [1.807, 2.05) is 30.6 Å². The molecular weight excluding hydrogens is 256 g/mol. The van der Waals surface area contributed by atoms with Gasteiger partial charge >= 0.3 is 0 Å². The molecule has 0 radical (unpaired) electrons. The number of aromatic nitrogens is 2. The van der Waals surface area contributed by atoms with Gasteiger partial charge in [0.15, 0.2) is 0 Å². The van der Waals surface area contributed by atoms with E-state index in [-0.39, 0.29) is 0 Å². The number of pyridine rings is 1. The van der Waals surface area contributed by atoms with Crippen molar-refractivity contribution < 1.29 is 0 Å². The van der Waals surface area contributed by atoms with Crippen LogP contribution < -0.4 is 11.1 Å². The number of nitrogens with zero attached hydrogens (tertiary/aromatic N) is 2. The molecule has 4 nitrogen and oxygen atoms in total. The average molecular weight is 270 g/mol. The monoisotopic (exact) mass is 270 g/mol. The smallest absolute Gasteiger partial charge is 0.112 e. The molecule has 0 saturated carbocycles. The van der Waals surface area contributed by atoms with E-state index in [1.54, 1.807) is 17.5 Å². The van der Waals surface area contributed by atoms with E-state index >= 15 is 0 Å². The Kier molecular flexibility index (Phi) is 3.05. The van der Waals surface area contributed by atoms with Crippen LogP contribution in [0.3, 0.4) is 0 Å². The van der Waals surface area contributed by atoms with Crippen molar-refractivity contribution in [3.05, 3.63) is 46.7 Å². The fourth-order valence-corrected chi connectivity index (χ4v) is 2.73. The second-order valence-corrected chi connectivity index (χ2v) is 5.66. The summed E-state index contributed by atoms with van der Waals surface area (Å²) in [7, 11) is 0. The number of nitrogens with two attached hydrogens (primary N) is 1. The molecular formula is C14H14N4S. The zero-order valence-electron chi connectivity index (χ0n) is 10.6. The van der Waals surface area contributed by atoms with Crippen LogP contribution in [0, 0.1) is 6.92 Å². The van der Waals surface area contributed by atoms with Gasteiger partial charge in [0, 0.05) is 34.2 Å². The number of nitrogens with one attached hydrogen (secondary N) is 1. The van der Waals surface area contributed by atoms with Crippen molar-refractivity contribution in [1.82, 2.24) is 9.97 Å². The molecule has 5 heteroatoms. The lowest BCUT2D eigenvalue weighted by Crippen LogP contribution is -2.02. The van der Waals surface area contributed by atoms with Gasteiger partial charge in [-0.15, -0.1) is 11.3 Å². The maximum atomic E-state index is 6.18. The lowest BCUT2D eigenvalue weighted by Gasteiger charge is -2.10. The minimum atomic E-state index is 0.694. The van der Waals surface area contributed by atoms with Crippen molar-refractivity contribution in [3.63, 3.8) is 0 Å². The second kappa shape index (κ2) is 4.85. The van der Waals surface area contributed by atoms with Gasteiger partial charge in [-0.3, -0.25) is 4.98 Å². The zero-order chi connectivity index (χ0) is 13.2. The molecule has 0 bridgehead atoms. The van der Waals surface area contributed by atoms with Crippen LogP contribution in [-0.2, 0) is 6.54 Å². The molecule has 3 aromatic rings. The van der Waals surface area contributed by atoms with Crippen LogP contribution in [0.4, 0.5) is 11.4 Å². The van der Waals surface area contributed by atoms with E-state index in [1.165, 1.54) is 4.88 Å². The standard InChI is InChI=1S/C14H14N4S/c1-9-6-18-13(19-9)8-17-12-3-2-10-7-16-5-4-11(10)14(12)15/h2-7,17H,8,15H2,1H3. The van der Waals surface area contributed by atoms with E-state index in [2.05, 4.69) is 22.2 Å². The Balaban J connectivity index is 1.87. The predicted molar refractivity (Wildman–Crippen MR) is 80.3 cm³/mol. The van der Waals surface area contributed by atoms with Crippen LogP contribution in [0.1, 0.15) is 9.88 Å². The van der Waals surface area contributed by atoms with Gasteiger partial charge in [-0.1, -0.05) is 6.07 Å². The van der Waals surface area contributed by atoms with Crippen LogP contribution in [-0.4, -0.2) is 9.97 Å². The average Bonchev–Trinajstić information content (AvgIpc) is 2.84. The summed E-state index contributed by atoms with van der Waals surface area (Å²) in [5, 5.41) is 6.47. The Morgan fingerprint density at radius 3 is 2.95 bits per heavy atom. The molecule has 0 spiro atoms. The van der Waals surface area contributed by atoms with Gasteiger partial charge in [-0.2, -0.15) is 0 Å². The number of aryl methyl sites for hydroxylation is 1. The first-order chi connectivity index (χ1) is 9.24. The molecule has 0 fully saturated rings. The van der Waals surface area contributed by atoms with Gasteiger partial charge in [0.1, 0.15) is 5.01 Å². The van der Waals surface area contributed by atoms with Crippen LogP contribution in [0.5, 0.6) is 0 Å². The largest absolute Gasteiger partial charge is 0.397 e. The summed E-state index contributed by atoms with van der Waals surface area (Å²) in [6, 6.07) is 5.94. The van der Waals surface area contributed by atoms with Gasteiger partial charge in [0.05, 0.1) is 17.9 Å². The van der Waals surface area contributed by atoms with Crippen molar-refractivity contribution in [2.75, 3.05) is 11.1 Å². The number of benzene rings is 1. The minimum Gasteiger partial charge on any atom is -0.397 e. The third-order valence-electron chi connectivity index (χ3n) is 2.96. The Bertz CT molecular complexity index is 720. The minimum absolute atomic E-state index is 0.694. The van der Waals surface area contributed by atoms with Crippen molar-refractivity contribution in [2.45, 2.75) is 13.5 Å². The zero-order valence-corrected chi connectivity index (χ0v) is 11.4. The topological polar surface area (TPSA) is 63.8 Å². The molecule has 0 atom stereocenters. The molecule has 0 unspecified atom stereocenters. The van der Waals surface area contributed by atoms with Crippen molar-refractivity contribution >= 4 is 33.5 Å². The van der Waals surface area contributed by atoms with E-state index in [0.29, 0.717) is 6.54 Å². The molecule has 3 N–H and O–H groups in total. The lowest BCUT2D eigenvalue weighted by molar-refractivity contribution is 1.10. The van der Waals surface area contributed by atoms with Gasteiger partial charge in [0.2, 0.25) is 0 Å². The first kappa shape index (κ1) is 11.9. The van der Waals surface area contributed by atoms with Crippen molar-refractivity contribution in [1.29, 1.82) is 0 Å². The highest BCUT2D eigenvalue weighted by Gasteiger charge is 2.05. The van der Waals surface area contributed by atoms with E-state index in [4.69, 9.17) is 5.73 Å². The number of anilines is 2. The highest BCUT2D eigenvalue weighted by atomic mass is 32.1. The van der Waals surface area contributed by atoms with Crippen molar-refractivity contribution in [2.24, 2.45) is 0 Å². The van der Waals surface area contributed by atoms with Crippen LogP contribution >= 0.6 is 11.3 Å². The molecule has 2 aromatic heterocycles. The number of hydrogen-bond donors (Lipinski definition) is 2. The molecule has 0 saturated heterocycles. The second-order valence-electron chi connectivity index (χ2n) is 4.34. The Morgan fingerprint density at radius 1 is 1.26 bits per heavy atom. The van der Waals surface area contributed by atoms with Gasteiger partial charge < -0.3 is 11.1 Å². The summed E-state index contributed by atoms with van der Waals surface area (Å²) < 4.78 is 0. The normalized spacial score (nSPS) is 10.8. The third kappa shape index (κ3) is 2.37. The Hall–Kier alpha value is -2.14. The van der Waals surface area contributed by atoms with Gasteiger partial charge in [-0.25, -0.2) is 4.98 Å². The summed E-state index contributed by atoms with van der Waals surface area (Å²) in [4.78, 5) is 9.64. The molecule has 96 valence electrons. The Labute approximate surface area is 115 Å².